The first-order valence-corrected chi connectivity index (χ1v) is 6.46. The van der Waals surface area contributed by atoms with Gasteiger partial charge in [-0.3, -0.25) is 10.1 Å². The maximum absolute atomic E-state index is 11.0. The molecule has 4 nitrogen and oxygen atoms in total. The number of nitro benzene ring substituents is 1. The number of hydrogen-bond donors (Lipinski definition) is 0. The molecule has 1 atom stereocenters. The van der Waals surface area contributed by atoms with Gasteiger partial charge < -0.3 is 4.90 Å². The van der Waals surface area contributed by atoms with E-state index in [1.165, 1.54) is 12.8 Å². The van der Waals surface area contributed by atoms with E-state index in [0.717, 1.165) is 4.47 Å². The summed E-state index contributed by atoms with van der Waals surface area (Å²) in [5.41, 5.74) is 0.854. The molecule has 1 fully saturated rings. The van der Waals surface area contributed by atoms with Crippen LogP contribution < -0.4 is 4.90 Å². The van der Waals surface area contributed by atoms with Crippen molar-refractivity contribution in [1.29, 1.82) is 0 Å². The third kappa shape index (κ3) is 2.60. The van der Waals surface area contributed by atoms with E-state index in [2.05, 4.69) is 22.9 Å². The summed E-state index contributed by atoms with van der Waals surface area (Å²) in [6, 6.07) is 5.57. The Morgan fingerprint density at radius 1 is 1.53 bits per heavy atom. The van der Waals surface area contributed by atoms with Crippen molar-refractivity contribution in [1.82, 2.24) is 0 Å². The largest absolute Gasteiger partial charge is 0.366 e. The second kappa shape index (κ2) is 4.64. The number of hydrogen-bond acceptors (Lipinski definition) is 3. The van der Waals surface area contributed by atoms with Crippen molar-refractivity contribution in [3.63, 3.8) is 0 Å². The average molecular weight is 299 g/mol. The molecule has 92 valence electrons. The molecule has 0 heterocycles. The van der Waals surface area contributed by atoms with Gasteiger partial charge in [-0.05, 0) is 37.8 Å². The van der Waals surface area contributed by atoms with Crippen LogP contribution in [-0.2, 0) is 0 Å². The van der Waals surface area contributed by atoms with Gasteiger partial charge in [-0.25, -0.2) is 0 Å². The third-order valence-electron chi connectivity index (χ3n) is 3.43. The van der Waals surface area contributed by atoms with Crippen molar-refractivity contribution < 1.29 is 4.92 Å². The molecule has 0 saturated heterocycles. The number of nitrogens with zero attached hydrogens (tertiary/aromatic N) is 2. The maximum atomic E-state index is 11.0. The fourth-order valence-electron chi connectivity index (χ4n) is 2.06. The molecule has 0 aliphatic heterocycles. The third-order valence-corrected chi connectivity index (χ3v) is 3.92. The molecule has 0 spiro atoms. The van der Waals surface area contributed by atoms with Gasteiger partial charge in [0, 0.05) is 23.6 Å². The minimum Gasteiger partial charge on any atom is -0.366 e. The Bertz CT molecular complexity index is 446. The number of halogens is 1. The second-order valence-corrected chi connectivity index (χ2v) is 5.49. The Morgan fingerprint density at radius 2 is 2.18 bits per heavy atom. The lowest BCUT2D eigenvalue weighted by Gasteiger charge is -2.26. The van der Waals surface area contributed by atoms with E-state index in [4.69, 9.17) is 0 Å². The molecule has 0 aromatic heterocycles. The van der Waals surface area contributed by atoms with E-state index in [0.29, 0.717) is 17.6 Å². The summed E-state index contributed by atoms with van der Waals surface area (Å²) >= 11 is 3.27. The zero-order valence-corrected chi connectivity index (χ0v) is 11.5. The molecule has 0 N–H and O–H groups in total. The van der Waals surface area contributed by atoms with E-state index < -0.39 is 0 Å². The summed E-state index contributed by atoms with van der Waals surface area (Å²) in [5, 5.41) is 11.0. The number of nitro groups is 1. The summed E-state index contributed by atoms with van der Waals surface area (Å²) in [7, 11) is 1.93. The highest BCUT2D eigenvalue weighted by Crippen LogP contribution is 2.39. The van der Waals surface area contributed by atoms with Crippen LogP contribution in [0.4, 0.5) is 11.4 Å². The molecule has 1 aliphatic carbocycles. The average Bonchev–Trinajstić information content (AvgIpc) is 3.10. The molecule has 1 unspecified atom stereocenters. The first-order chi connectivity index (χ1) is 8.00. The molecule has 0 amide bonds. The predicted molar refractivity (Wildman–Crippen MR) is 71.4 cm³/mol. The number of rotatable bonds is 4. The van der Waals surface area contributed by atoms with E-state index >= 15 is 0 Å². The molecule has 0 bridgehead atoms. The lowest BCUT2D eigenvalue weighted by Crippen LogP contribution is -2.31. The predicted octanol–water partition coefficient (Wildman–Crippen LogP) is 3.59. The molecule has 1 saturated carbocycles. The molecule has 1 aromatic rings. The second-order valence-electron chi connectivity index (χ2n) is 4.58. The van der Waals surface area contributed by atoms with Crippen LogP contribution >= 0.6 is 15.9 Å². The topological polar surface area (TPSA) is 46.4 Å². The van der Waals surface area contributed by atoms with Crippen molar-refractivity contribution >= 4 is 27.3 Å². The van der Waals surface area contributed by atoms with Crippen molar-refractivity contribution in [2.24, 2.45) is 5.92 Å². The van der Waals surface area contributed by atoms with Crippen LogP contribution in [-0.4, -0.2) is 18.0 Å². The molecule has 1 aliphatic rings. The Kier molecular flexibility index (Phi) is 3.38. The summed E-state index contributed by atoms with van der Waals surface area (Å²) in [5.74, 6) is 0.684. The molecular formula is C12H15BrN2O2. The van der Waals surface area contributed by atoms with E-state index in [1.807, 2.05) is 18.0 Å². The molecular weight excluding hydrogens is 284 g/mol. The fraction of sp³-hybridized carbons (Fsp3) is 0.500. The van der Waals surface area contributed by atoms with Gasteiger partial charge in [-0.15, -0.1) is 0 Å². The molecule has 17 heavy (non-hydrogen) atoms. The SMILES string of the molecule is CC(C1CC1)N(C)c1ccc(Br)cc1[N+](=O)[O-]. The highest BCUT2D eigenvalue weighted by molar-refractivity contribution is 9.10. The van der Waals surface area contributed by atoms with Crippen LogP contribution in [0.1, 0.15) is 19.8 Å². The summed E-state index contributed by atoms with van der Waals surface area (Å²) in [4.78, 5) is 12.7. The van der Waals surface area contributed by atoms with Gasteiger partial charge in [0.1, 0.15) is 5.69 Å². The highest BCUT2D eigenvalue weighted by Gasteiger charge is 2.32. The quantitative estimate of drug-likeness (QED) is 0.630. The Hall–Kier alpha value is -1.10. The normalized spacial score (nSPS) is 16.6. The van der Waals surface area contributed by atoms with Crippen molar-refractivity contribution in [3.05, 3.63) is 32.8 Å². The van der Waals surface area contributed by atoms with E-state index in [9.17, 15) is 10.1 Å². The van der Waals surface area contributed by atoms with Gasteiger partial charge >= 0.3 is 0 Å². The molecule has 5 heteroatoms. The summed E-state index contributed by atoms with van der Waals surface area (Å²) in [6.07, 6.45) is 2.46. The van der Waals surface area contributed by atoms with Crippen LogP contribution in [0.2, 0.25) is 0 Å². The molecule has 2 rings (SSSR count). The first-order valence-electron chi connectivity index (χ1n) is 5.67. The Labute approximate surface area is 109 Å². The van der Waals surface area contributed by atoms with Gasteiger partial charge in [0.05, 0.1) is 4.92 Å². The van der Waals surface area contributed by atoms with Gasteiger partial charge in [0.15, 0.2) is 0 Å². The number of anilines is 1. The van der Waals surface area contributed by atoms with Crippen LogP contribution in [0.5, 0.6) is 0 Å². The van der Waals surface area contributed by atoms with E-state index in [-0.39, 0.29) is 10.6 Å². The first kappa shape index (κ1) is 12.4. The summed E-state index contributed by atoms with van der Waals surface area (Å²) in [6.45, 7) is 2.13. The zero-order valence-electron chi connectivity index (χ0n) is 9.89. The van der Waals surface area contributed by atoms with Gasteiger partial charge in [0.25, 0.3) is 5.69 Å². The lowest BCUT2D eigenvalue weighted by molar-refractivity contribution is -0.384. The maximum Gasteiger partial charge on any atom is 0.293 e. The van der Waals surface area contributed by atoms with Gasteiger partial charge in [-0.2, -0.15) is 0 Å². The van der Waals surface area contributed by atoms with Crippen molar-refractivity contribution in [2.45, 2.75) is 25.8 Å². The van der Waals surface area contributed by atoms with E-state index in [1.54, 1.807) is 12.1 Å². The van der Waals surface area contributed by atoms with Crippen molar-refractivity contribution in [2.75, 3.05) is 11.9 Å². The van der Waals surface area contributed by atoms with Gasteiger partial charge in [0.2, 0.25) is 0 Å². The van der Waals surface area contributed by atoms with Crippen LogP contribution in [0.25, 0.3) is 0 Å². The Morgan fingerprint density at radius 3 is 2.71 bits per heavy atom. The van der Waals surface area contributed by atoms with Crippen LogP contribution in [0, 0.1) is 16.0 Å². The van der Waals surface area contributed by atoms with Crippen LogP contribution in [0.15, 0.2) is 22.7 Å². The minimum atomic E-state index is -0.323. The highest BCUT2D eigenvalue weighted by atomic mass is 79.9. The Balaban J connectivity index is 2.32. The fourth-order valence-corrected chi connectivity index (χ4v) is 2.40. The molecule has 1 aromatic carbocycles. The number of benzene rings is 1. The van der Waals surface area contributed by atoms with Crippen LogP contribution in [0.3, 0.4) is 0 Å². The monoisotopic (exact) mass is 298 g/mol. The minimum absolute atomic E-state index is 0.161. The molecule has 0 radical (unpaired) electrons. The van der Waals surface area contributed by atoms with Crippen molar-refractivity contribution in [3.8, 4) is 0 Å². The lowest BCUT2D eigenvalue weighted by atomic mass is 10.1. The smallest absolute Gasteiger partial charge is 0.293 e. The summed E-state index contributed by atoms with van der Waals surface area (Å²) < 4.78 is 0.737. The standard InChI is InChI=1S/C12H15BrN2O2/c1-8(9-3-4-9)14(2)11-6-5-10(13)7-12(11)15(16)17/h5-9H,3-4H2,1-2H3. The zero-order chi connectivity index (χ0) is 12.6. The van der Waals surface area contributed by atoms with Gasteiger partial charge in [-0.1, -0.05) is 15.9 Å².